The van der Waals surface area contributed by atoms with Gasteiger partial charge >= 0.3 is 0 Å². The first-order valence-electron chi connectivity index (χ1n) is 3.68. The van der Waals surface area contributed by atoms with Gasteiger partial charge in [0.25, 0.3) is 9.05 Å². The summed E-state index contributed by atoms with van der Waals surface area (Å²) in [5.41, 5.74) is 0.738. The summed E-state index contributed by atoms with van der Waals surface area (Å²) in [4.78, 5) is -0.466. The average molecular weight is 223 g/mol. The van der Waals surface area contributed by atoms with Crippen LogP contribution in [0.1, 0.15) is 12.5 Å². The second-order valence-corrected chi connectivity index (χ2v) is 5.09. The zero-order chi connectivity index (χ0) is 10.1. The Hall–Kier alpha value is -0.610. The largest absolute Gasteiger partial charge is 0.264 e. The molecule has 2 nitrogen and oxygen atoms in total. The van der Waals surface area contributed by atoms with Crippen molar-refractivity contribution in [1.29, 1.82) is 0 Å². The van der Waals surface area contributed by atoms with Crippen LogP contribution in [0.5, 0.6) is 0 Å². The summed E-state index contributed by atoms with van der Waals surface area (Å²) >= 11 is 0. The number of hydrogen-bond donors (Lipinski definition) is 0. The Labute approximate surface area is 80.8 Å². The Balaban J connectivity index is 3.29. The van der Waals surface area contributed by atoms with Gasteiger partial charge in [-0.15, -0.1) is 0 Å². The number of benzene rings is 1. The monoisotopic (exact) mass is 222 g/mol. The first-order valence-corrected chi connectivity index (χ1v) is 5.99. The molecule has 0 aliphatic carbocycles. The van der Waals surface area contributed by atoms with Crippen LogP contribution in [0.3, 0.4) is 0 Å². The summed E-state index contributed by atoms with van der Waals surface area (Å²) in [6, 6.07) is 3.89. The third-order valence-electron chi connectivity index (χ3n) is 1.67. The topological polar surface area (TPSA) is 34.1 Å². The molecule has 0 amide bonds. The van der Waals surface area contributed by atoms with Crippen molar-refractivity contribution in [3.8, 4) is 0 Å². The number of aryl methyl sites for hydroxylation is 1. The third-order valence-corrected chi connectivity index (χ3v) is 3.02. The molecule has 0 fully saturated rings. The smallest absolute Gasteiger partial charge is 0.207 e. The number of hydrogen-bond acceptors (Lipinski definition) is 2. The molecular weight excluding hydrogens is 215 g/mol. The van der Waals surface area contributed by atoms with Crippen molar-refractivity contribution < 1.29 is 12.8 Å². The van der Waals surface area contributed by atoms with E-state index in [1.807, 2.05) is 6.92 Å². The molecule has 1 rings (SSSR count). The first-order chi connectivity index (χ1) is 5.95. The summed E-state index contributed by atoms with van der Waals surface area (Å²) < 4.78 is 34.6. The van der Waals surface area contributed by atoms with Gasteiger partial charge in [0, 0.05) is 10.7 Å². The van der Waals surface area contributed by atoms with Crippen molar-refractivity contribution in [1.82, 2.24) is 0 Å². The van der Waals surface area contributed by atoms with Gasteiger partial charge in [0.1, 0.15) is 10.7 Å². The summed E-state index contributed by atoms with van der Waals surface area (Å²) in [6.07, 6.45) is 0.652. The standard InChI is InChI=1S/C8H8ClFO2S/c1-2-6-3-4-8(7(10)5-6)13(9,11)12/h3-5H,2H2,1H3. The van der Waals surface area contributed by atoms with Crippen molar-refractivity contribution in [3.05, 3.63) is 29.6 Å². The van der Waals surface area contributed by atoms with Crippen LogP contribution in [0.2, 0.25) is 0 Å². The second-order valence-electron chi connectivity index (χ2n) is 2.56. The van der Waals surface area contributed by atoms with E-state index in [1.54, 1.807) is 6.07 Å². The second kappa shape index (κ2) is 3.64. The maximum Gasteiger partial charge on any atom is 0.264 e. The lowest BCUT2D eigenvalue weighted by molar-refractivity contribution is 0.574. The molecule has 0 saturated carbocycles. The first kappa shape index (κ1) is 10.5. The minimum absolute atomic E-state index is 0.466. The number of halogens is 2. The normalized spacial score (nSPS) is 11.6. The van der Waals surface area contributed by atoms with E-state index in [-0.39, 0.29) is 0 Å². The Morgan fingerprint density at radius 2 is 2.08 bits per heavy atom. The fraction of sp³-hybridized carbons (Fsp3) is 0.250. The highest BCUT2D eigenvalue weighted by molar-refractivity contribution is 8.13. The van der Waals surface area contributed by atoms with Gasteiger partial charge in [0.2, 0.25) is 0 Å². The van der Waals surface area contributed by atoms with E-state index < -0.39 is 19.8 Å². The van der Waals surface area contributed by atoms with Crippen molar-refractivity contribution in [2.24, 2.45) is 0 Å². The van der Waals surface area contributed by atoms with Gasteiger partial charge in [-0.25, -0.2) is 12.8 Å². The Bertz CT molecular complexity index is 414. The van der Waals surface area contributed by atoms with Gasteiger partial charge in [0.05, 0.1) is 0 Å². The van der Waals surface area contributed by atoms with Crippen LogP contribution in [-0.2, 0) is 15.5 Å². The molecule has 1 aromatic carbocycles. The van der Waals surface area contributed by atoms with E-state index in [4.69, 9.17) is 10.7 Å². The maximum absolute atomic E-state index is 13.1. The Kier molecular flexibility index (Phi) is 2.93. The van der Waals surface area contributed by atoms with Crippen LogP contribution in [0.15, 0.2) is 23.1 Å². The third kappa shape index (κ3) is 2.42. The lowest BCUT2D eigenvalue weighted by Crippen LogP contribution is -1.96. The van der Waals surface area contributed by atoms with E-state index in [9.17, 15) is 12.8 Å². The summed E-state index contributed by atoms with van der Waals surface area (Å²) in [5.74, 6) is -0.797. The molecular formula is C8H8ClFO2S. The molecule has 0 aliphatic rings. The molecule has 0 radical (unpaired) electrons. The van der Waals surface area contributed by atoms with E-state index in [2.05, 4.69) is 0 Å². The zero-order valence-electron chi connectivity index (χ0n) is 6.92. The number of rotatable bonds is 2. The van der Waals surface area contributed by atoms with Crippen molar-refractivity contribution in [3.63, 3.8) is 0 Å². The van der Waals surface area contributed by atoms with E-state index in [1.165, 1.54) is 12.1 Å². The van der Waals surface area contributed by atoms with Crippen LogP contribution in [0.25, 0.3) is 0 Å². The van der Waals surface area contributed by atoms with Crippen molar-refractivity contribution in [2.45, 2.75) is 18.2 Å². The van der Waals surface area contributed by atoms with Crippen molar-refractivity contribution >= 4 is 19.7 Å². The van der Waals surface area contributed by atoms with E-state index in [0.29, 0.717) is 6.42 Å². The molecule has 0 unspecified atom stereocenters. The van der Waals surface area contributed by atoms with Gasteiger partial charge in [-0.1, -0.05) is 13.0 Å². The minimum Gasteiger partial charge on any atom is -0.207 e. The van der Waals surface area contributed by atoms with E-state index >= 15 is 0 Å². The highest BCUT2D eigenvalue weighted by atomic mass is 35.7. The quantitative estimate of drug-likeness (QED) is 0.720. The maximum atomic E-state index is 13.1. The van der Waals surface area contributed by atoms with Gasteiger partial charge in [-0.3, -0.25) is 0 Å². The predicted molar refractivity (Wildman–Crippen MR) is 48.8 cm³/mol. The lowest BCUT2D eigenvalue weighted by atomic mass is 10.2. The van der Waals surface area contributed by atoms with Gasteiger partial charge in [0.15, 0.2) is 0 Å². The van der Waals surface area contributed by atoms with Crippen LogP contribution in [0.4, 0.5) is 4.39 Å². The summed E-state index contributed by atoms with van der Waals surface area (Å²) in [7, 11) is 1.03. The van der Waals surface area contributed by atoms with Crippen LogP contribution >= 0.6 is 10.7 Å². The minimum atomic E-state index is -3.96. The molecule has 0 aliphatic heterocycles. The zero-order valence-corrected chi connectivity index (χ0v) is 8.49. The summed E-state index contributed by atoms with van der Waals surface area (Å²) in [6.45, 7) is 1.85. The molecule has 0 spiro atoms. The van der Waals surface area contributed by atoms with Crippen LogP contribution in [-0.4, -0.2) is 8.42 Å². The van der Waals surface area contributed by atoms with Crippen LogP contribution < -0.4 is 0 Å². The molecule has 0 N–H and O–H groups in total. The molecule has 0 saturated heterocycles. The van der Waals surface area contributed by atoms with Crippen molar-refractivity contribution in [2.75, 3.05) is 0 Å². The molecule has 72 valence electrons. The molecule has 0 bridgehead atoms. The van der Waals surface area contributed by atoms with Gasteiger partial charge < -0.3 is 0 Å². The summed E-state index contributed by atoms with van der Waals surface area (Å²) in [5, 5.41) is 0. The molecule has 0 heterocycles. The Morgan fingerprint density at radius 3 is 2.46 bits per heavy atom. The van der Waals surface area contributed by atoms with E-state index in [0.717, 1.165) is 5.56 Å². The van der Waals surface area contributed by atoms with Gasteiger partial charge in [-0.2, -0.15) is 0 Å². The molecule has 1 aromatic rings. The predicted octanol–water partition coefficient (Wildman–Crippen LogP) is 2.32. The Morgan fingerprint density at radius 1 is 1.46 bits per heavy atom. The average Bonchev–Trinajstić information content (AvgIpc) is 2.01. The van der Waals surface area contributed by atoms with Gasteiger partial charge in [-0.05, 0) is 24.1 Å². The molecule has 0 atom stereocenters. The molecule has 13 heavy (non-hydrogen) atoms. The molecule has 0 aromatic heterocycles. The SMILES string of the molecule is CCc1ccc(S(=O)(=O)Cl)c(F)c1. The highest BCUT2D eigenvalue weighted by Crippen LogP contribution is 2.19. The highest BCUT2D eigenvalue weighted by Gasteiger charge is 2.15. The van der Waals surface area contributed by atoms with Crippen LogP contribution in [0, 0.1) is 5.82 Å². The lowest BCUT2D eigenvalue weighted by Gasteiger charge is -2.00. The fourth-order valence-corrected chi connectivity index (χ4v) is 1.86. The molecule has 5 heteroatoms. The fourth-order valence-electron chi connectivity index (χ4n) is 0.962.